The second-order valence-electron chi connectivity index (χ2n) is 5.63. The first kappa shape index (κ1) is 13.2. The van der Waals surface area contributed by atoms with Crippen LogP contribution < -0.4 is 5.73 Å². The van der Waals surface area contributed by atoms with Crippen LogP contribution in [0.1, 0.15) is 50.7 Å². The zero-order chi connectivity index (χ0) is 14.3. The summed E-state index contributed by atoms with van der Waals surface area (Å²) >= 11 is 0. The number of aryl methyl sites for hydroxylation is 3. The Morgan fingerprint density at radius 2 is 2.10 bits per heavy atom. The molecule has 108 valence electrons. The molecule has 3 rings (SSSR count). The molecule has 2 aromatic rings. The summed E-state index contributed by atoms with van der Waals surface area (Å²) in [7, 11) is 1.95. The SMILES string of the molecule is CCCc1nc(-c2cn(C)nc2CC)c(N)n1C1CC1. The highest BCUT2D eigenvalue weighted by Gasteiger charge is 2.30. The van der Waals surface area contributed by atoms with Crippen molar-refractivity contribution in [3.63, 3.8) is 0 Å². The first-order valence-corrected chi connectivity index (χ1v) is 7.55. The third kappa shape index (κ3) is 2.11. The van der Waals surface area contributed by atoms with Gasteiger partial charge < -0.3 is 10.3 Å². The molecule has 2 aromatic heterocycles. The van der Waals surface area contributed by atoms with E-state index in [1.54, 1.807) is 0 Å². The molecule has 0 aromatic carbocycles. The summed E-state index contributed by atoms with van der Waals surface area (Å²) in [5.41, 5.74) is 9.48. The minimum Gasteiger partial charge on any atom is -0.383 e. The lowest BCUT2D eigenvalue weighted by molar-refractivity contribution is 0.676. The van der Waals surface area contributed by atoms with Crippen molar-refractivity contribution in [2.24, 2.45) is 7.05 Å². The molecule has 20 heavy (non-hydrogen) atoms. The topological polar surface area (TPSA) is 61.7 Å². The fourth-order valence-electron chi connectivity index (χ4n) is 2.83. The van der Waals surface area contributed by atoms with E-state index in [1.165, 1.54) is 12.8 Å². The lowest BCUT2D eigenvalue weighted by Gasteiger charge is -2.07. The van der Waals surface area contributed by atoms with E-state index in [0.29, 0.717) is 6.04 Å². The van der Waals surface area contributed by atoms with Gasteiger partial charge in [0, 0.05) is 31.3 Å². The smallest absolute Gasteiger partial charge is 0.132 e. The van der Waals surface area contributed by atoms with Crippen molar-refractivity contribution in [2.45, 2.75) is 52.0 Å². The molecule has 0 atom stereocenters. The van der Waals surface area contributed by atoms with E-state index < -0.39 is 0 Å². The number of nitrogen functional groups attached to an aromatic ring is 1. The van der Waals surface area contributed by atoms with E-state index in [1.807, 2.05) is 17.9 Å². The maximum absolute atomic E-state index is 6.40. The van der Waals surface area contributed by atoms with Crippen molar-refractivity contribution in [3.8, 4) is 11.3 Å². The fraction of sp³-hybridized carbons (Fsp3) is 0.600. The average molecular weight is 273 g/mol. The Bertz CT molecular complexity index is 618. The minimum atomic E-state index is 0.569. The van der Waals surface area contributed by atoms with Gasteiger partial charge in [-0.15, -0.1) is 0 Å². The number of hydrogen-bond acceptors (Lipinski definition) is 3. The third-order valence-electron chi connectivity index (χ3n) is 3.90. The number of imidazole rings is 1. The van der Waals surface area contributed by atoms with E-state index in [9.17, 15) is 0 Å². The van der Waals surface area contributed by atoms with Crippen LogP contribution in [0.25, 0.3) is 11.3 Å². The molecule has 1 fully saturated rings. The summed E-state index contributed by atoms with van der Waals surface area (Å²) in [6, 6.07) is 0.569. The quantitative estimate of drug-likeness (QED) is 0.911. The lowest BCUT2D eigenvalue weighted by Crippen LogP contribution is -2.05. The van der Waals surface area contributed by atoms with Crippen LogP contribution in [0.5, 0.6) is 0 Å². The van der Waals surface area contributed by atoms with Crippen LogP contribution in [0.4, 0.5) is 5.82 Å². The molecule has 0 radical (unpaired) electrons. The molecular formula is C15H23N5. The Morgan fingerprint density at radius 3 is 2.70 bits per heavy atom. The molecule has 5 nitrogen and oxygen atoms in total. The van der Waals surface area contributed by atoms with Gasteiger partial charge in [0.05, 0.1) is 5.69 Å². The monoisotopic (exact) mass is 273 g/mol. The van der Waals surface area contributed by atoms with E-state index in [2.05, 4.69) is 23.5 Å². The van der Waals surface area contributed by atoms with Crippen molar-refractivity contribution in [1.82, 2.24) is 19.3 Å². The van der Waals surface area contributed by atoms with Gasteiger partial charge in [0.2, 0.25) is 0 Å². The van der Waals surface area contributed by atoms with Gasteiger partial charge in [0.1, 0.15) is 17.3 Å². The van der Waals surface area contributed by atoms with Gasteiger partial charge in [-0.3, -0.25) is 4.68 Å². The number of nitrogens with two attached hydrogens (primary N) is 1. The van der Waals surface area contributed by atoms with Gasteiger partial charge in [-0.05, 0) is 25.7 Å². The molecule has 0 aliphatic heterocycles. The summed E-state index contributed by atoms with van der Waals surface area (Å²) in [6.07, 6.45) is 7.47. The van der Waals surface area contributed by atoms with E-state index in [0.717, 1.165) is 47.9 Å². The predicted octanol–water partition coefficient (Wildman–Crippen LogP) is 2.72. The van der Waals surface area contributed by atoms with Crippen LogP contribution in [0.3, 0.4) is 0 Å². The highest BCUT2D eigenvalue weighted by Crippen LogP contribution is 2.41. The highest BCUT2D eigenvalue weighted by atomic mass is 15.3. The number of rotatable bonds is 5. The molecule has 2 N–H and O–H groups in total. The maximum Gasteiger partial charge on any atom is 0.132 e. The molecule has 0 saturated heterocycles. The Morgan fingerprint density at radius 1 is 1.35 bits per heavy atom. The Balaban J connectivity index is 2.11. The van der Waals surface area contributed by atoms with Crippen molar-refractivity contribution in [1.29, 1.82) is 0 Å². The number of hydrogen-bond donors (Lipinski definition) is 1. The molecule has 1 aliphatic rings. The Labute approximate surface area is 119 Å². The van der Waals surface area contributed by atoms with Crippen LogP contribution in [-0.2, 0) is 19.9 Å². The van der Waals surface area contributed by atoms with Crippen molar-refractivity contribution < 1.29 is 0 Å². The van der Waals surface area contributed by atoms with Crippen molar-refractivity contribution >= 4 is 5.82 Å². The van der Waals surface area contributed by atoms with Gasteiger partial charge in [-0.1, -0.05) is 13.8 Å². The Kier molecular flexibility index (Phi) is 3.28. The zero-order valence-electron chi connectivity index (χ0n) is 12.6. The van der Waals surface area contributed by atoms with E-state index in [4.69, 9.17) is 10.7 Å². The Hall–Kier alpha value is -1.78. The summed E-state index contributed by atoms with van der Waals surface area (Å²) in [5.74, 6) is 1.95. The highest BCUT2D eigenvalue weighted by molar-refractivity contribution is 5.72. The molecule has 5 heteroatoms. The van der Waals surface area contributed by atoms with Gasteiger partial charge in [-0.25, -0.2) is 4.98 Å². The van der Waals surface area contributed by atoms with Crippen molar-refractivity contribution in [3.05, 3.63) is 17.7 Å². The zero-order valence-corrected chi connectivity index (χ0v) is 12.6. The molecule has 0 bridgehead atoms. The molecular weight excluding hydrogens is 250 g/mol. The standard InChI is InChI=1S/C15H23N5/c1-4-6-13-17-14(15(16)20(13)10-7-8-10)11-9-19(3)18-12(11)5-2/h9-10H,4-8,16H2,1-3H3. The molecule has 1 saturated carbocycles. The summed E-state index contributed by atoms with van der Waals surface area (Å²) in [5, 5.41) is 4.50. The molecule has 0 amide bonds. The molecule has 0 unspecified atom stereocenters. The van der Waals surface area contributed by atoms with Gasteiger partial charge in [0.15, 0.2) is 0 Å². The maximum atomic E-state index is 6.40. The van der Waals surface area contributed by atoms with Crippen molar-refractivity contribution in [2.75, 3.05) is 5.73 Å². The normalized spacial score (nSPS) is 14.9. The van der Waals surface area contributed by atoms with E-state index >= 15 is 0 Å². The van der Waals surface area contributed by atoms with Gasteiger partial charge in [0.25, 0.3) is 0 Å². The fourth-order valence-corrected chi connectivity index (χ4v) is 2.83. The molecule has 0 spiro atoms. The third-order valence-corrected chi connectivity index (χ3v) is 3.90. The van der Waals surface area contributed by atoms with Crippen LogP contribution in [-0.4, -0.2) is 19.3 Å². The van der Waals surface area contributed by atoms with Crippen LogP contribution in [0.15, 0.2) is 6.20 Å². The second kappa shape index (κ2) is 4.96. The first-order chi connectivity index (χ1) is 9.65. The summed E-state index contributed by atoms with van der Waals surface area (Å²) in [4.78, 5) is 4.84. The number of nitrogens with zero attached hydrogens (tertiary/aromatic N) is 4. The minimum absolute atomic E-state index is 0.569. The average Bonchev–Trinajstić information content (AvgIpc) is 3.10. The summed E-state index contributed by atoms with van der Waals surface area (Å²) < 4.78 is 4.11. The number of anilines is 1. The van der Waals surface area contributed by atoms with E-state index in [-0.39, 0.29) is 0 Å². The van der Waals surface area contributed by atoms with Crippen LogP contribution >= 0.6 is 0 Å². The lowest BCUT2D eigenvalue weighted by atomic mass is 10.1. The second-order valence-corrected chi connectivity index (χ2v) is 5.63. The first-order valence-electron chi connectivity index (χ1n) is 7.55. The van der Waals surface area contributed by atoms with Gasteiger partial charge in [-0.2, -0.15) is 5.10 Å². The molecule has 1 aliphatic carbocycles. The summed E-state index contributed by atoms with van der Waals surface area (Å²) in [6.45, 7) is 4.30. The predicted molar refractivity (Wildman–Crippen MR) is 80.5 cm³/mol. The largest absolute Gasteiger partial charge is 0.383 e. The number of aromatic nitrogens is 4. The van der Waals surface area contributed by atoms with Gasteiger partial charge >= 0.3 is 0 Å². The van der Waals surface area contributed by atoms with Crippen LogP contribution in [0, 0.1) is 0 Å². The molecule has 2 heterocycles. The van der Waals surface area contributed by atoms with Crippen LogP contribution in [0.2, 0.25) is 0 Å².